The fourth-order valence-corrected chi connectivity index (χ4v) is 2.74. The molecule has 2 fully saturated rings. The van der Waals surface area contributed by atoms with E-state index in [1.807, 2.05) is 6.92 Å². The van der Waals surface area contributed by atoms with Crippen LogP contribution in [-0.4, -0.2) is 52.0 Å². The zero-order valence-corrected chi connectivity index (χ0v) is 11.5. The molecular weight excluding hydrogens is 246 g/mol. The van der Waals surface area contributed by atoms with Gasteiger partial charge in [-0.3, -0.25) is 4.90 Å². The number of rotatable bonds is 3. The van der Waals surface area contributed by atoms with Gasteiger partial charge in [0.25, 0.3) is 0 Å². The van der Waals surface area contributed by atoms with E-state index in [9.17, 15) is 5.11 Å². The molecule has 1 aromatic rings. The van der Waals surface area contributed by atoms with Gasteiger partial charge in [-0.2, -0.15) is 4.98 Å². The Morgan fingerprint density at radius 3 is 3.05 bits per heavy atom. The molecule has 4 atom stereocenters. The number of nitrogens with zero attached hydrogens (tertiary/aromatic N) is 3. The number of aliphatic hydroxyl groups is 1. The Kier molecular flexibility index (Phi) is 3.56. The second-order valence-electron chi connectivity index (χ2n) is 5.63. The van der Waals surface area contributed by atoms with Crippen molar-refractivity contribution in [1.82, 2.24) is 15.0 Å². The highest BCUT2D eigenvalue weighted by atomic mass is 16.5. The van der Waals surface area contributed by atoms with Crippen LogP contribution in [0.25, 0.3) is 0 Å². The van der Waals surface area contributed by atoms with Gasteiger partial charge < -0.3 is 14.4 Å². The molecule has 19 heavy (non-hydrogen) atoms. The lowest BCUT2D eigenvalue weighted by Gasteiger charge is -2.33. The fourth-order valence-electron chi connectivity index (χ4n) is 2.74. The van der Waals surface area contributed by atoms with Crippen LogP contribution >= 0.6 is 0 Å². The van der Waals surface area contributed by atoms with E-state index in [2.05, 4.69) is 15.0 Å². The summed E-state index contributed by atoms with van der Waals surface area (Å²) in [5, 5.41) is 13.6. The Labute approximate surface area is 112 Å². The third kappa shape index (κ3) is 2.52. The fraction of sp³-hybridized carbons (Fsp3) is 0.846. The first kappa shape index (κ1) is 13.0. The second-order valence-corrected chi connectivity index (χ2v) is 5.63. The lowest BCUT2D eigenvalue weighted by molar-refractivity contribution is -0.0548. The van der Waals surface area contributed by atoms with Crippen LogP contribution in [0.4, 0.5) is 0 Å². The number of hydrogen-bond acceptors (Lipinski definition) is 6. The molecule has 0 aromatic carbocycles. The van der Waals surface area contributed by atoms with Crippen molar-refractivity contribution in [2.75, 3.05) is 19.7 Å². The molecule has 3 heterocycles. The zero-order chi connectivity index (χ0) is 13.4. The summed E-state index contributed by atoms with van der Waals surface area (Å²) in [6.45, 7) is 6.33. The van der Waals surface area contributed by atoms with Crippen LogP contribution in [0.2, 0.25) is 0 Å². The first-order valence-electron chi connectivity index (χ1n) is 7.02. The number of aromatic nitrogens is 2. The summed E-state index contributed by atoms with van der Waals surface area (Å²) in [5.74, 6) is 0.939. The van der Waals surface area contributed by atoms with Gasteiger partial charge >= 0.3 is 0 Å². The molecule has 0 bridgehead atoms. The third-order valence-corrected chi connectivity index (χ3v) is 4.25. The van der Waals surface area contributed by atoms with Crippen molar-refractivity contribution in [3.63, 3.8) is 0 Å². The van der Waals surface area contributed by atoms with Gasteiger partial charge in [-0.25, -0.2) is 0 Å². The van der Waals surface area contributed by atoms with E-state index in [1.165, 1.54) is 12.8 Å². The number of morpholine rings is 1. The molecule has 3 rings (SSSR count). The monoisotopic (exact) mass is 267 g/mol. The maximum absolute atomic E-state index is 9.55. The smallest absolute Gasteiger partial charge is 0.232 e. The number of aliphatic hydroxyl groups excluding tert-OH is 1. The van der Waals surface area contributed by atoms with E-state index < -0.39 is 6.10 Å². The van der Waals surface area contributed by atoms with Gasteiger partial charge in [0.15, 0.2) is 0 Å². The Hall–Kier alpha value is -0.980. The van der Waals surface area contributed by atoms with Crippen molar-refractivity contribution >= 4 is 0 Å². The lowest BCUT2D eigenvalue weighted by Crippen LogP contribution is -2.42. The average molecular weight is 267 g/mol. The van der Waals surface area contributed by atoms with Gasteiger partial charge in [-0.1, -0.05) is 12.1 Å². The Morgan fingerprint density at radius 1 is 1.42 bits per heavy atom. The molecule has 2 aliphatic heterocycles. The minimum absolute atomic E-state index is 0.104. The largest absolute Gasteiger partial charge is 0.393 e. The van der Waals surface area contributed by atoms with Crippen molar-refractivity contribution in [2.24, 2.45) is 0 Å². The molecule has 2 saturated heterocycles. The quantitative estimate of drug-likeness (QED) is 0.884. The van der Waals surface area contributed by atoms with Crippen molar-refractivity contribution in [1.29, 1.82) is 0 Å². The Bertz CT molecular complexity index is 435. The molecule has 6 heteroatoms. The molecule has 4 unspecified atom stereocenters. The summed E-state index contributed by atoms with van der Waals surface area (Å²) < 4.78 is 11.1. The average Bonchev–Trinajstić information content (AvgIpc) is 3.05. The van der Waals surface area contributed by atoms with Crippen LogP contribution in [0.1, 0.15) is 50.4 Å². The van der Waals surface area contributed by atoms with Crippen LogP contribution in [0, 0.1) is 0 Å². The van der Waals surface area contributed by atoms with Crippen molar-refractivity contribution in [2.45, 2.75) is 50.9 Å². The van der Waals surface area contributed by atoms with Crippen LogP contribution in [0.3, 0.4) is 0 Å². The maximum atomic E-state index is 9.55. The van der Waals surface area contributed by atoms with Crippen molar-refractivity contribution in [3.05, 3.63) is 11.7 Å². The standard InChI is InChI=1S/C13H21N3O3/c1-8(9(2)17)13-14-12(15-19-13)11-6-16-5-3-4-10(16)7-18-11/h8-11,17H,3-7H2,1-2H3. The van der Waals surface area contributed by atoms with Gasteiger partial charge in [-0.15, -0.1) is 0 Å². The van der Waals surface area contributed by atoms with E-state index >= 15 is 0 Å². The topological polar surface area (TPSA) is 71.6 Å². The summed E-state index contributed by atoms with van der Waals surface area (Å²) in [7, 11) is 0. The molecule has 0 spiro atoms. The minimum atomic E-state index is -0.497. The molecule has 2 aliphatic rings. The van der Waals surface area contributed by atoms with Gasteiger partial charge in [0, 0.05) is 12.6 Å². The van der Waals surface area contributed by atoms with Crippen LogP contribution in [0.15, 0.2) is 4.52 Å². The summed E-state index contributed by atoms with van der Waals surface area (Å²) in [4.78, 5) is 6.83. The highest BCUT2D eigenvalue weighted by Gasteiger charge is 2.35. The predicted octanol–water partition coefficient (Wildman–Crippen LogP) is 1.09. The molecule has 1 aromatic heterocycles. The summed E-state index contributed by atoms with van der Waals surface area (Å²) >= 11 is 0. The lowest BCUT2D eigenvalue weighted by atomic mass is 10.1. The zero-order valence-electron chi connectivity index (χ0n) is 11.5. The summed E-state index contributed by atoms with van der Waals surface area (Å²) in [5.41, 5.74) is 0. The molecule has 106 valence electrons. The maximum Gasteiger partial charge on any atom is 0.232 e. The highest BCUT2D eigenvalue weighted by Crippen LogP contribution is 2.29. The third-order valence-electron chi connectivity index (χ3n) is 4.25. The Balaban J connectivity index is 1.69. The number of fused-ring (bicyclic) bond motifs is 1. The number of hydrogen-bond donors (Lipinski definition) is 1. The van der Waals surface area contributed by atoms with E-state index in [0.29, 0.717) is 17.8 Å². The van der Waals surface area contributed by atoms with Gasteiger partial charge in [0.2, 0.25) is 11.7 Å². The minimum Gasteiger partial charge on any atom is -0.393 e. The summed E-state index contributed by atoms with van der Waals surface area (Å²) in [6.07, 6.45) is 1.87. The predicted molar refractivity (Wildman–Crippen MR) is 67.7 cm³/mol. The molecule has 0 aliphatic carbocycles. The number of ether oxygens (including phenoxy) is 1. The normalized spacial score (nSPS) is 31.1. The van der Waals surface area contributed by atoms with E-state index in [4.69, 9.17) is 9.26 Å². The molecule has 6 nitrogen and oxygen atoms in total. The van der Waals surface area contributed by atoms with Gasteiger partial charge in [0.05, 0.1) is 18.6 Å². The van der Waals surface area contributed by atoms with Crippen molar-refractivity contribution < 1.29 is 14.4 Å². The van der Waals surface area contributed by atoms with E-state index in [0.717, 1.165) is 19.7 Å². The van der Waals surface area contributed by atoms with E-state index in [-0.39, 0.29) is 12.0 Å². The molecule has 1 N–H and O–H groups in total. The Morgan fingerprint density at radius 2 is 2.26 bits per heavy atom. The highest BCUT2D eigenvalue weighted by molar-refractivity contribution is 5.00. The molecule has 0 amide bonds. The van der Waals surface area contributed by atoms with Crippen molar-refractivity contribution in [3.8, 4) is 0 Å². The molecule has 0 radical (unpaired) electrons. The molecule has 0 saturated carbocycles. The van der Waals surface area contributed by atoms with E-state index in [1.54, 1.807) is 6.92 Å². The SMILES string of the molecule is CC(O)C(C)c1nc(C2CN3CCCC3CO2)no1. The summed E-state index contributed by atoms with van der Waals surface area (Å²) in [6, 6.07) is 0.569. The van der Waals surface area contributed by atoms with Crippen LogP contribution < -0.4 is 0 Å². The van der Waals surface area contributed by atoms with Crippen LogP contribution in [-0.2, 0) is 4.74 Å². The van der Waals surface area contributed by atoms with Gasteiger partial charge in [-0.05, 0) is 26.3 Å². The van der Waals surface area contributed by atoms with Crippen LogP contribution in [0.5, 0.6) is 0 Å². The molecular formula is C13H21N3O3. The first-order chi connectivity index (χ1) is 9.15. The van der Waals surface area contributed by atoms with Gasteiger partial charge in [0.1, 0.15) is 6.10 Å². The second kappa shape index (κ2) is 5.19. The first-order valence-corrected chi connectivity index (χ1v) is 7.02.